The van der Waals surface area contributed by atoms with Gasteiger partial charge in [0, 0.05) is 18.6 Å². The Balaban J connectivity index is 2.43. The van der Waals surface area contributed by atoms with Gasteiger partial charge in [-0.2, -0.15) is 0 Å². The maximum atomic E-state index is 3.71. The van der Waals surface area contributed by atoms with Crippen LogP contribution in [0.5, 0.6) is 0 Å². The number of nitrogens with zero attached hydrogens (tertiary/aromatic N) is 1. The first-order valence-electron chi connectivity index (χ1n) is 7.70. The highest BCUT2D eigenvalue weighted by Gasteiger charge is 2.28. The molecule has 0 amide bonds. The van der Waals surface area contributed by atoms with Gasteiger partial charge in [0.25, 0.3) is 0 Å². The maximum absolute atomic E-state index is 3.71. The van der Waals surface area contributed by atoms with Crippen molar-refractivity contribution in [2.24, 2.45) is 5.92 Å². The predicted octanol–water partition coefficient (Wildman–Crippen LogP) is 3.28. The summed E-state index contributed by atoms with van der Waals surface area (Å²) < 4.78 is 0. The molecule has 0 aliphatic heterocycles. The van der Waals surface area contributed by atoms with Crippen LogP contribution < -0.4 is 5.32 Å². The van der Waals surface area contributed by atoms with Crippen LogP contribution >= 0.6 is 0 Å². The van der Waals surface area contributed by atoms with E-state index in [2.05, 4.69) is 37.9 Å². The summed E-state index contributed by atoms with van der Waals surface area (Å²) in [6, 6.07) is 1.35. The molecule has 2 nitrogen and oxygen atoms in total. The highest BCUT2D eigenvalue weighted by atomic mass is 15.2. The monoisotopic (exact) mass is 240 g/mol. The highest BCUT2D eigenvalue weighted by molar-refractivity contribution is 4.85. The van der Waals surface area contributed by atoms with Gasteiger partial charge in [0.1, 0.15) is 0 Å². The van der Waals surface area contributed by atoms with E-state index >= 15 is 0 Å². The molecule has 0 aromatic rings. The smallest absolute Gasteiger partial charge is 0.0221 e. The second-order valence-corrected chi connectivity index (χ2v) is 5.65. The van der Waals surface area contributed by atoms with Gasteiger partial charge in [-0.15, -0.1) is 0 Å². The molecule has 1 N–H and O–H groups in total. The van der Waals surface area contributed by atoms with Crippen LogP contribution in [0.2, 0.25) is 0 Å². The zero-order valence-electron chi connectivity index (χ0n) is 12.3. The van der Waals surface area contributed by atoms with Gasteiger partial charge < -0.3 is 5.32 Å². The lowest BCUT2D eigenvalue weighted by Crippen LogP contribution is -2.49. The molecule has 1 aliphatic rings. The molecule has 0 bridgehead atoms. The summed E-state index contributed by atoms with van der Waals surface area (Å²) in [5, 5.41) is 3.71. The molecule has 0 heterocycles. The summed E-state index contributed by atoms with van der Waals surface area (Å²) in [5.41, 5.74) is 0. The first-order chi connectivity index (χ1) is 8.22. The van der Waals surface area contributed by atoms with E-state index in [1.807, 2.05) is 0 Å². The summed E-state index contributed by atoms with van der Waals surface area (Å²) >= 11 is 0. The molecule has 1 fully saturated rings. The van der Waals surface area contributed by atoms with Crippen molar-refractivity contribution in [3.63, 3.8) is 0 Å². The second-order valence-electron chi connectivity index (χ2n) is 5.65. The third-order valence-corrected chi connectivity index (χ3v) is 3.96. The Hall–Kier alpha value is -0.0800. The van der Waals surface area contributed by atoms with E-state index < -0.39 is 0 Å². The quantitative estimate of drug-likeness (QED) is 0.630. The van der Waals surface area contributed by atoms with Gasteiger partial charge in [0.15, 0.2) is 0 Å². The molecule has 17 heavy (non-hydrogen) atoms. The molecule has 102 valence electrons. The Morgan fingerprint density at radius 1 is 1.18 bits per heavy atom. The number of hydrogen-bond donors (Lipinski definition) is 1. The Bertz CT molecular complexity index is 189. The average Bonchev–Trinajstić information content (AvgIpc) is 3.13. The fourth-order valence-corrected chi connectivity index (χ4v) is 2.62. The van der Waals surface area contributed by atoms with Crippen molar-refractivity contribution >= 4 is 0 Å². The van der Waals surface area contributed by atoms with Crippen molar-refractivity contribution in [2.75, 3.05) is 19.6 Å². The molecule has 2 unspecified atom stereocenters. The van der Waals surface area contributed by atoms with E-state index in [9.17, 15) is 0 Å². The number of nitrogens with one attached hydrogen (secondary N) is 1. The zero-order valence-corrected chi connectivity index (χ0v) is 12.3. The Kier molecular flexibility index (Phi) is 7.14. The molecular weight excluding hydrogens is 208 g/mol. The lowest BCUT2D eigenvalue weighted by Gasteiger charge is -2.35. The highest BCUT2D eigenvalue weighted by Crippen LogP contribution is 2.30. The first kappa shape index (κ1) is 15.0. The Morgan fingerprint density at radius 3 is 2.35 bits per heavy atom. The Labute approximate surface area is 108 Å². The van der Waals surface area contributed by atoms with Crippen molar-refractivity contribution < 1.29 is 0 Å². The average molecular weight is 240 g/mol. The number of hydrogen-bond acceptors (Lipinski definition) is 2. The molecule has 1 saturated carbocycles. The fraction of sp³-hybridized carbons (Fsp3) is 1.00. The van der Waals surface area contributed by atoms with Gasteiger partial charge in [-0.25, -0.2) is 0 Å². The van der Waals surface area contributed by atoms with E-state index in [0.717, 1.165) is 12.5 Å². The third-order valence-electron chi connectivity index (χ3n) is 3.96. The minimum Gasteiger partial charge on any atom is -0.312 e. The van der Waals surface area contributed by atoms with Gasteiger partial charge in [0.05, 0.1) is 0 Å². The standard InChI is InChI=1S/C15H32N2/c1-5-10-16-15(7-3)13(4)17(11-6-2)12-14-8-9-14/h13-16H,5-12H2,1-4H3. The van der Waals surface area contributed by atoms with Crippen LogP contribution in [-0.2, 0) is 0 Å². The Morgan fingerprint density at radius 2 is 1.88 bits per heavy atom. The molecule has 0 aromatic carbocycles. The predicted molar refractivity (Wildman–Crippen MR) is 76.4 cm³/mol. The van der Waals surface area contributed by atoms with Crippen molar-refractivity contribution in [1.29, 1.82) is 0 Å². The largest absolute Gasteiger partial charge is 0.312 e. The molecule has 2 atom stereocenters. The van der Waals surface area contributed by atoms with Gasteiger partial charge >= 0.3 is 0 Å². The summed E-state index contributed by atoms with van der Waals surface area (Å²) in [6.45, 7) is 13.0. The normalized spacial score (nSPS) is 19.6. The summed E-state index contributed by atoms with van der Waals surface area (Å²) in [5.74, 6) is 1.01. The number of rotatable bonds is 10. The van der Waals surface area contributed by atoms with Gasteiger partial charge in [-0.3, -0.25) is 4.90 Å². The van der Waals surface area contributed by atoms with Crippen LogP contribution in [0.3, 0.4) is 0 Å². The van der Waals surface area contributed by atoms with Crippen LogP contribution in [0.1, 0.15) is 59.8 Å². The van der Waals surface area contributed by atoms with Crippen LogP contribution in [0, 0.1) is 5.92 Å². The second kappa shape index (κ2) is 8.10. The van der Waals surface area contributed by atoms with E-state index in [1.54, 1.807) is 0 Å². The van der Waals surface area contributed by atoms with Crippen LogP contribution in [-0.4, -0.2) is 36.6 Å². The van der Waals surface area contributed by atoms with Crippen LogP contribution in [0.15, 0.2) is 0 Å². The van der Waals surface area contributed by atoms with Gasteiger partial charge in [0.2, 0.25) is 0 Å². The van der Waals surface area contributed by atoms with E-state index in [1.165, 1.54) is 45.2 Å². The minimum absolute atomic E-state index is 0.667. The minimum atomic E-state index is 0.667. The molecule has 0 radical (unpaired) electrons. The maximum Gasteiger partial charge on any atom is 0.0221 e. The van der Waals surface area contributed by atoms with E-state index in [4.69, 9.17) is 0 Å². The van der Waals surface area contributed by atoms with Crippen LogP contribution in [0.4, 0.5) is 0 Å². The lowest BCUT2D eigenvalue weighted by molar-refractivity contribution is 0.159. The SMILES string of the molecule is CCCNC(CC)C(C)N(CCC)CC1CC1. The molecule has 0 spiro atoms. The van der Waals surface area contributed by atoms with E-state index in [0.29, 0.717) is 12.1 Å². The lowest BCUT2D eigenvalue weighted by atomic mass is 10.0. The molecule has 1 rings (SSSR count). The third kappa shape index (κ3) is 5.39. The van der Waals surface area contributed by atoms with Gasteiger partial charge in [-0.05, 0) is 58.0 Å². The summed E-state index contributed by atoms with van der Waals surface area (Å²) in [4.78, 5) is 2.72. The van der Waals surface area contributed by atoms with Crippen molar-refractivity contribution in [1.82, 2.24) is 10.2 Å². The molecule has 0 saturated heterocycles. The zero-order chi connectivity index (χ0) is 12.7. The topological polar surface area (TPSA) is 15.3 Å². The fourth-order valence-electron chi connectivity index (χ4n) is 2.62. The first-order valence-corrected chi connectivity index (χ1v) is 7.70. The molecule has 2 heteroatoms. The van der Waals surface area contributed by atoms with Crippen molar-refractivity contribution in [2.45, 2.75) is 71.9 Å². The molecule has 0 aromatic heterocycles. The summed E-state index contributed by atoms with van der Waals surface area (Å²) in [6.07, 6.45) is 6.69. The summed E-state index contributed by atoms with van der Waals surface area (Å²) in [7, 11) is 0. The van der Waals surface area contributed by atoms with Crippen molar-refractivity contribution in [3.05, 3.63) is 0 Å². The molecule has 1 aliphatic carbocycles. The van der Waals surface area contributed by atoms with Crippen molar-refractivity contribution in [3.8, 4) is 0 Å². The van der Waals surface area contributed by atoms with Gasteiger partial charge in [-0.1, -0.05) is 20.8 Å². The molecular formula is C15H32N2. The van der Waals surface area contributed by atoms with E-state index in [-0.39, 0.29) is 0 Å². The van der Waals surface area contributed by atoms with Crippen LogP contribution in [0.25, 0.3) is 0 Å².